The minimum absolute atomic E-state index is 0. The SMILES string of the molecule is CCCCC(CC)CN=C(N)N1CCCCC1.I. The summed E-state index contributed by atoms with van der Waals surface area (Å²) in [6, 6.07) is 0. The first-order valence-corrected chi connectivity index (χ1v) is 7.32. The second-order valence-electron chi connectivity index (χ2n) is 5.16. The highest BCUT2D eigenvalue weighted by Gasteiger charge is 2.12. The first kappa shape index (κ1) is 18.0. The van der Waals surface area contributed by atoms with E-state index in [0.717, 1.165) is 31.5 Å². The highest BCUT2D eigenvalue weighted by molar-refractivity contribution is 14.0. The Morgan fingerprint density at radius 2 is 1.89 bits per heavy atom. The number of likely N-dealkylation sites (tertiary alicyclic amines) is 1. The number of halogens is 1. The van der Waals surface area contributed by atoms with Crippen LogP contribution in [0.4, 0.5) is 0 Å². The summed E-state index contributed by atoms with van der Waals surface area (Å²) < 4.78 is 0. The molecule has 0 saturated carbocycles. The van der Waals surface area contributed by atoms with E-state index >= 15 is 0 Å². The molecule has 1 unspecified atom stereocenters. The number of nitrogens with two attached hydrogens (primary N) is 1. The molecule has 0 aliphatic carbocycles. The highest BCUT2D eigenvalue weighted by atomic mass is 127. The van der Waals surface area contributed by atoms with Crippen LogP contribution in [0, 0.1) is 5.92 Å². The number of nitrogens with zero attached hydrogens (tertiary/aromatic N) is 2. The molecule has 0 spiro atoms. The Morgan fingerprint density at radius 1 is 1.22 bits per heavy atom. The molecule has 1 saturated heterocycles. The fraction of sp³-hybridized carbons (Fsp3) is 0.929. The van der Waals surface area contributed by atoms with E-state index in [-0.39, 0.29) is 24.0 Å². The zero-order chi connectivity index (χ0) is 12.5. The predicted molar refractivity (Wildman–Crippen MR) is 90.6 cm³/mol. The molecule has 1 fully saturated rings. The molecule has 0 aromatic rings. The molecule has 1 aliphatic heterocycles. The van der Waals surface area contributed by atoms with E-state index in [1.807, 2.05) is 0 Å². The van der Waals surface area contributed by atoms with Crippen LogP contribution in [-0.4, -0.2) is 30.5 Å². The Hall–Kier alpha value is 0. The molecule has 1 rings (SSSR count). The van der Waals surface area contributed by atoms with Crippen LogP contribution in [-0.2, 0) is 0 Å². The fourth-order valence-electron chi connectivity index (χ4n) is 2.36. The summed E-state index contributed by atoms with van der Waals surface area (Å²) in [5.74, 6) is 1.50. The van der Waals surface area contributed by atoms with Gasteiger partial charge in [-0.3, -0.25) is 4.99 Å². The van der Waals surface area contributed by atoms with Crippen molar-refractivity contribution in [1.29, 1.82) is 0 Å². The average Bonchev–Trinajstić information content (AvgIpc) is 2.39. The second kappa shape index (κ2) is 10.9. The lowest BCUT2D eigenvalue weighted by atomic mass is 10.00. The summed E-state index contributed by atoms with van der Waals surface area (Å²) in [4.78, 5) is 6.84. The van der Waals surface area contributed by atoms with Gasteiger partial charge in [0.15, 0.2) is 5.96 Å². The lowest BCUT2D eigenvalue weighted by Gasteiger charge is -2.27. The van der Waals surface area contributed by atoms with Crippen molar-refractivity contribution in [3.05, 3.63) is 0 Å². The molecule has 0 radical (unpaired) electrons. The lowest BCUT2D eigenvalue weighted by Crippen LogP contribution is -2.41. The first-order chi connectivity index (χ1) is 8.27. The topological polar surface area (TPSA) is 41.6 Å². The van der Waals surface area contributed by atoms with Crippen molar-refractivity contribution >= 4 is 29.9 Å². The van der Waals surface area contributed by atoms with Gasteiger partial charge in [0.2, 0.25) is 0 Å². The van der Waals surface area contributed by atoms with Gasteiger partial charge in [0.25, 0.3) is 0 Å². The molecular weight excluding hydrogens is 337 g/mol. The van der Waals surface area contributed by atoms with Gasteiger partial charge in [0.1, 0.15) is 0 Å². The maximum absolute atomic E-state index is 6.06. The van der Waals surface area contributed by atoms with Gasteiger partial charge in [0, 0.05) is 19.6 Å². The van der Waals surface area contributed by atoms with Gasteiger partial charge < -0.3 is 10.6 Å². The van der Waals surface area contributed by atoms with Crippen molar-refractivity contribution in [3.63, 3.8) is 0 Å². The molecule has 1 heterocycles. The van der Waals surface area contributed by atoms with Crippen molar-refractivity contribution in [2.24, 2.45) is 16.6 Å². The summed E-state index contributed by atoms with van der Waals surface area (Å²) in [6.45, 7) is 7.62. The molecule has 3 nitrogen and oxygen atoms in total. The monoisotopic (exact) mass is 367 g/mol. The van der Waals surface area contributed by atoms with Gasteiger partial charge in [0.05, 0.1) is 0 Å². The summed E-state index contributed by atoms with van der Waals surface area (Å²) >= 11 is 0. The number of hydrogen-bond acceptors (Lipinski definition) is 1. The van der Waals surface area contributed by atoms with E-state index in [2.05, 4.69) is 23.7 Å². The summed E-state index contributed by atoms with van der Waals surface area (Å²) in [5.41, 5.74) is 6.06. The number of unbranched alkanes of at least 4 members (excludes halogenated alkanes) is 1. The van der Waals surface area contributed by atoms with Crippen molar-refractivity contribution in [2.75, 3.05) is 19.6 Å². The van der Waals surface area contributed by atoms with Crippen molar-refractivity contribution < 1.29 is 0 Å². The Bertz CT molecular complexity index is 225. The third-order valence-corrected chi connectivity index (χ3v) is 3.73. The van der Waals surface area contributed by atoms with Crippen LogP contribution in [0.25, 0.3) is 0 Å². The maximum atomic E-state index is 6.06. The molecule has 0 aromatic heterocycles. The van der Waals surface area contributed by atoms with Gasteiger partial charge in [-0.1, -0.05) is 33.1 Å². The van der Waals surface area contributed by atoms with E-state index in [1.54, 1.807) is 0 Å². The molecule has 2 N–H and O–H groups in total. The molecule has 0 aromatic carbocycles. The van der Waals surface area contributed by atoms with Gasteiger partial charge in [-0.15, -0.1) is 24.0 Å². The molecule has 18 heavy (non-hydrogen) atoms. The Morgan fingerprint density at radius 3 is 2.44 bits per heavy atom. The Labute approximate surface area is 130 Å². The van der Waals surface area contributed by atoms with E-state index in [1.165, 1.54) is 44.9 Å². The smallest absolute Gasteiger partial charge is 0.191 e. The number of rotatable bonds is 6. The van der Waals surface area contributed by atoms with Crippen LogP contribution in [0.5, 0.6) is 0 Å². The molecule has 0 amide bonds. The van der Waals surface area contributed by atoms with Gasteiger partial charge in [-0.2, -0.15) is 0 Å². The number of piperidine rings is 1. The summed E-state index contributed by atoms with van der Waals surface area (Å²) in [5, 5.41) is 0. The van der Waals surface area contributed by atoms with Crippen molar-refractivity contribution in [1.82, 2.24) is 4.90 Å². The second-order valence-corrected chi connectivity index (χ2v) is 5.16. The van der Waals surface area contributed by atoms with Crippen molar-refractivity contribution in [2.45, 2.75) is 58.8 Å². The van der Waals surface area contributed by atoms with E-state index < -0.39 is 0 Å². The zero-order valence-electron chi connectivity index (χ0n) is 12.0. The highest BCUT2D eigenvalue weighted by Crippen LogP contribution is 2.13. The van der Waals surface area contributed by atoms with Gasteiger partial charge in [-0.25, -0.2) is 0 Å². The molecule has 1 aliphatic rings. The Kier molecular flexibility index (Phi) is 10.9. The molecule has 108 valence electrons. The fourth-order valence-corrected chi connectivity index (χ4v) is 2.36. The van der Waals surface area contributed by atoms with Crippen LogP contribution in [0.3, 0.4) is 0 Å². The molecule has 4 heteroatoms. The third-order valence-electron chi connectivity index (χ3n) is 3.73. The minimum Gasteiger partial charge on any atom is -0.370 e. The van der Waals surface area contributed by atoms with Crippen LogP contribution in [0.15, 0.2) is 4.99 Å². The third kappa shape index (κ3) is 6.81. The van der Waals surface area contributed by atoms with Crippen LogP contribution in [0.1, 0.15) is 58.8 Å². The predicted octanol–water partition coefficient (Wildman–Crippen LogP) is 3.62. The lowest BCUT2D eigenvalue weighted by molar-refractivity contribution is 0.336. The standard InChI is InChI=1S/C14H29N3.HI/c1-3-5-9-13(4-2)12-16-14(15)17-10-7-6-8-11-17;/h13H,3-12H2,1-2H3,(H2,15,16);1H. The average molecular weight is 367 g/mol. The van der Waals surface area contributed by atoms with Crippen LogP contribution < -0.4 is 5.73 Å². The van der Waals surface area contributed by atoms with Gasteiger partial charge in [-0.05, 0) is 31.6 Å². The van der Waals surface area contributed by atoms with E-state index in [4.69, 9.17) is 5.73 Å². The molecule has 1 atom stereocenters. The first-order valence-electron chi connectivity index (χ1n) is 7.32. The summed E-state index contributed by atoms with van der Waals surface area (Å²) in [7, 11) is 0. The van der Waals surface area contributed by atoms with E-state index in [0.29, 0.717) is 0 Å². The normalized spacial score (nSPS) is 18.3. The number of guanidine groups is 1. The maximum Gasteiger partial charge on any atom is 0.191 e. The van der Waals surface area contributed by atoms with Crippen LogP contribution in [0.2, 0.25) is 0 Å². The zero-order valence-corrected chi connectivity index (χ0v) is 14.4. The minimum atomic E-state index is 0. The van der Waals surface area contributed by atoms with E-state index in [9.17, 15) is 0 Å². The Balaban J connectivity index is 0.00000289. The molecular formula is C14H30IN3. The largest absolute Gasteiger partial charge is 0.370 e. The number of hydrogen-bond donors (Lipinski definition) is 1. The summed E-state index contributed by atoms with van der Waals surface area (Å²) in [6.07, 6.45) is 8.99. The number of aliphatic imine (C=N–C) groups is 1. The van der Waals surface area contributed by atoms with Crippen LogP contribution >= 0.6 is 24.0 Å². The van der Waals surface area contributed by atoms with Gasteiger partial charge >= 0.3 is 0 Å². The van der Waals surface area contributed by atoms with Crippen molar-refractivity contribution in [3.8, 4) is 0 Å². The molecule has 0 bridgehead atoms. The quantitative estimate of drug-likeness (QED) is 0.443.